The number of amides is 1. The molecular weight excluding hydrogens is 435 g/mol. The molecule has 0 bridgehead atoms. The molecule has 0 unspecified atom stereocenters. The topological polar surface area (TPSA) is 79.5 Å². The van der Waals surface area contributed by atoms with E-state index >= 15 is 0 Å². The predicted molar refractivity (Wildman–Crippen MR) is 115 cm³/mol. The van der Waals surface area contributed by atoms with Gasteiger partial charge in [0.25, 0.3) is 5.91 Å². The Morgan fingerprint density at radius 2 is 1.88 bits per heavy atom. The second-order valence-corrected chi connectivity index (χ2v) is 7.49. The molecule has 2 aromatic carbocycles. The van der Waals surface area contributed by atoms with E-state index < -0.39 is 23.9 Å². The summed E-state index contributed by atoms with van der Waals surface area (Å²) in [4.78, 5) is 22.4. The van der Waals surface area contributed by atoms with E-state index in [1.54, 1.807) is 55.5 Å². The lowest BCUT2D eigenvalue weighted by Gasteiger charge is -2.25. The number of hydrogen-bond acceptors (Lipinski definition) is 5. The summed E-state index contributed by atoms with van der Waals surface area (Å²) in [6.45, 7) is 1.81. The van der Waals surface area contributed by atoms with Crippen LogP contribution in [0.4, 0.5) is 18.9 Å². The largest absolute Gasteiger partial charge is 0.441 e. The summed E-state index contributed by atoms with van der Waals surface area (Å²) in [5.41, 5.74) is 1.54. The van der Waals surface area contributed by atoms with Crippen molar-refractivity contribution in [2.24, 2.45) is 0 Å². The Hall–Kier alpha value is -3.72. The molecule has 0 saturated carbocycles. The van der Waals surface area contributed by atoms with Crippen molar-refractivity contribution < 1.29 is 27.5 Å². The van der Waals surface area contributed by atoms with Crippen LogP contribution in [-0.2, 0) is 17.4 Å². The number of aromatic nitrogens is 2. The number of hydrogen-bond donors (Lipinski definition) is 1. The van der Waals surface area contributed by atoms with Crippen LogP contribution >= 0.6 is 0 Å². The van der Waals surface area contributed by atoms with Crippen molar-refractivity contribution in [3.8, 4) is 0 Å². The van der Waals surface area contributed by atoms with Gasteiger partial charge in [-0.3, -0.25) is 9.78 Å². The number of oxazole rings is 1. The number of fused-ring (bicyclic) bond motifs is 1. The zero-order chi connectivity index (χ0) is 23.6. The first kappa shape index (κ1) is 22.5. The van der Waals surface area contributed by atoms with E-state index in [-0.39, 0.29) is 13.0 Å². The number of halogens is 3. The molecule has 33 heavy (non-hydrogen) atoms. The first-order valence-electron chi connectivity index (χ1n) is 10.2. The first-order chi connectivity index (χ1) is 15.7. The van der Waals surface area contributed by atoms with Gasteiger partial charge in [0.15, 0.2) is 17.6 Å². The third-order valence-corrected chi connectivity index (χ3v) is 5.15. The van der Waals surface area contributed by atoms with Gasteiger partial charge in [0, 0.05) is 31.4 Å². The number of rotatable bonds is 6. The molecule has 9 heteroatoms. The average molecular weight is 455 g/mol. The minimum absolute atomic E-state index is 0.106. The van der Waals surface area contributed by atoms with Crippen molar-refractivity contribution in [3.63, 3.8) is 0 Å². The predicted octanol–water partition coefficient (Wildman–Crippen LogP) is 4.86. The zero-order valence-electron chi connectivity index (χ0n) is 17.6. The van der Waals surface area contributed by atoms with Crippen LogP contribution in [0.25, 0.3) is 11.1 Å². The first-order valence-corrected chi connectivity index (χ1v) is 10.2. The normalized spacial score (nSPS) is 12.6. The number of anilines is 1. The number of aliphatic hydroxyl groups is 1. The van der Waals surface area contributed by atoms with Gasteiger partial charge in [0.05, 0.1) is 0 Å². The average Bonchev–Trinajstić information content (AvgIpc) is 3.18. The summed E-state index contributed by atoms with van der Waals surface area (Å²) in [6, 6.07) is 15.8. The maximum atomic E-state index is 13.3. The fourth-order valence-electron chi connectivity index (χ4n) is 3.47. The Morgan fingerprint density at radius 3 is 2.55 bits per heavy atom. The Bertz CT molecular complexity index is 1250. The van der Waals surface area contributed by atoms with Gasteiger partial charge >= 0.3 is 6.18 Å². The van der Waals surface area contributed by atoms with Crippen LogP contribution in [0.15, 0.2) is 71.3 Å². The lowest BCUT2D eigenvalue weighted by Crippen LogP contribution is -2.37. The molecule has 0 aliphatic rings. The van der Waals surface area contributed by atoms with Gasteiger partial charge in [-0.05, 0) is 35.7 Å². The van der Waals surface area contributed by atoms with Crippen LogP contribution in [0.2, 0.25) is 0 Å². The van der Waals surface area contributed by atoms with Crippen LogP contribution in [0, 0.1) is 6.92 Å². The van der Waals surface area contributed by atoms with Gasteiger partial charge in [-0.1, -0.05) is 36.4 Å². The number of aliphatic hydroxyl groups excluding tert-OH is 1. The van der Waals surface area contributed by atoms with Crippen molar-refractivity contribution >= 4 is 22.7 Å². The molecule has 0 spiro atoms. The number of aryl methyl sites for hydroxylation is 1. The standard InChI is InChI=1S/C24H20F3N3O3/c1-15-29-19-9-8-18(13-20(19)33-15)30(23(32)22(31)17-5-3-2-4-6-17)12-11-16-7-10-21(28-14-16)24(25,26)27/h2-10,13-14,22,31H,11-12H2,1H3/t22-/m0/s1. The second-order valence-electron chi connectivity index (χ2n) is 7.49. The van der Waals surface area contributed by atoms with Crippen molar-refractivity contribution in [2.75, 3.05) is 11.4 Å². The maximum Gasteiger partial charge on any atom is 0.433 e. The fourth-order valence-corrected chi connectivity index (χ4v) is 3.47. The van der Waals surface area contributed by atoms with E-state index in [0.717, 1.165) is 12.3 Å². The van der Waals surface area contributed by atoms with E-state index in [1.165, 1.54) is 11.0 Å². The highest BCUT2D eigenvalue weighted by molar-refractivity contribution is 5.98. The van der Waals surface area contributed by atoms with Crippen LogP contribution in [-0.4, -0.2) is 27.5 Å². The second kappa shape index (κ2) is 9.03. The Morgan fingerprint density at radius 1 is 1.12 bits per heavy atom. The SMILES string of the molecule is Cc1nc2ccc(N(CCc3ccc(C(F)(F)F)nc3)C(=O)[C@@H](O)c3ccccc3)cc2o1. The van der Waals surface area contributed by atoms with Gasteiger partial charge in [-0.2, -0.15) is 13.2 Å². The van der Waals surface area contributed by atoms with E-state index in [1.807, 2.05) is 0 Å². The Kier molecular flexibility index (Phi) is 6.15. The number of nitrogens with zero attached hydrogens (tertiary/aromatic N) is 3. The van der Waals surface area contributed by atoms with E-state index in [2.05, 4.69) is 9.97 Å². The Labute approximate surface area is 187 Å². The number of pyridine rings is 1. The Balaban J connectivity index is 1.62. The monoisotopic (exact) mass is 455 g/mol. The summed E-state index contributed by atoms with van der Waals surface area (Å²) >= 11 is 0. The van der Waals surface area contributed by atoms with Gasteiger partial charge in [0.1, 0.15) is 11.2 Å². The lowest BCUT2D eigenvalue weighted by molar-refractivity contribution is -0.141. The van der Waals surface area contributed by atoms with Gasteiger partial charge in [-0.25, -0.2) is 4.98 Å². The summed E-state index contributed by atoms with van der Waals surface area (Å²) in [5, 5.41) is 10.7. The minimum atomic E-state index is -4.52. The molecule has 1 N–H and O–H groups in total. The number of benzene rings is 2. The molecule has 170 valence electrons. The van der Waals surface area contributed by atoms with Crippen molar-refractivity contribution in [2.45, 2.75) is 25.6 Å². The van der Waals surface area contributed by atoms with Gasteiger partial charge in [0.2, 0.25) is 0 Å². The fraction of sp³-hybridized carbons (Fsp3) is 0.208. The lowest BCUT2D eigenvalue weighted by atomic mass is 10.1. The van der Waals surface area contributed by atoms with E-state index in [0.29, 0.717) is 33.8 Å². The molecule has 4 aromatic rings. The van der Waals surface area contributed by atoms with Crippen molar-refractivity contribution in [1.29, 1.82) is 0 Å². The van der Waals surface area contributed by atoms with Crippen LogP contribution in [0.5, 0.6) is 0 Å². The number of carbonyl (C=O) groups excluding carboxylic acids is 1. The van der Waals surface area contributed by atoms with Crippen molar-refractivity contribution in [1.82, 2.24) is 9.97 Å². The molecule has 2 aromatic heterocycles. The molecule has 2 heterocycles. The van der Waals surface area contributed by atoms with Crippen LogP contribution in [0.3, 0.4) is 0 Å². The zero-order valence-corrected chi connectivity index (χ0v) is 17.6. The quantitative estimate of drug-likeness (QED) is 0.449. The number of carbonyl (C=O) groups is 1. The van der Waals surface area contributed by atoms with Gasteiger partial charge in [-0.15, -0.1) is 0 Å². The minimum Gasteiger partial charge on any atom is -0.441 e. The summed E-state index contributed by atoms with van der Waals surface area (Å²) in [5.74, 6) is -0.100. The smallest absolute Gasteiger partial charge is 0.433 e. The van der Waals surface area contributed by atoms with Crippen LogP contribution < -0.4 is 4.90 Å². The van der Waals surface area contributed by atoms with E-state index in [4.69, 9.17) is 4.42 Å². The molecule has 0 aliphatic carbocycles. The molecule has 0 fully saturated rings. The molecule has 4 rings (SSSR count). The third kappa shape index (κ3) is 5.04. The molecule has 0 radical (unpaired) electrons. The van der Waals surface area contributed by atoms with Crippen molar-refractivity contribution in [3.05, 3.63) is 89.6 Å². The highest BCUT2D eigenvalue weighted by atomic mass is 19.4. The highest BCUT2D eigenvalue weighted by Crippen LogP contribution is 2.28. The molecule has 1 atom stereocenters. The maximum absolute atomic E-state index is 13.3. The third-order valence-electron chi connectivity index (χ3n) is 5.15. The highest BCUT2D eigenvalue weighted by Gasteiger charge is 2.32. The summed E-state index contributed by atoms with van der Waals surface area (Å²) in [7, 11) is 0. The molecular formula is C24H20F3N3O3. The number of alkyl halides is 3. The molecule has 1 amide bonds. The molecule has 6 nitrogen and oxygen atoms in total. The van der Waals surface area contributed by atoms with Crippen LogP contribution in [0.1, 0.15) is 28.8 Å². The summed E-state index contributed by atoms with van der Waals surface area (Å²) in [6.07, 6.45) is -4.57. The molecule has 0 saturated heterocycles. The van der Waals surface area contributed by atoms with E-state index in [9.17, 15) is 23.1 Å². The molecule has 0 aliphatic heterocycles. The summed E-state index contributed by atoms with van der Waals surface area (Å²) < 4.78 is 43.9. The van der Waals surface area contributed by atoms with Gasteiger partial charge < -0.3 is 14.4 Å².